The second kappa shape index (κ2) is 12.6. The van der Waals surface area contributed by atoms with E-state index in [0.717, 1.165) is 10.4 Å². The molecule has 3 aromatic carbocycles. The van der Waals surface area contributed by atoms with Gasteiger partial charge in [0.25, 0.3) is 8.32 Å². The van der Waals surface area contributed by atoms with E-state index in [-0.39, 0.29) is 35.1 Å². The third kappa shape index (κ3) is 6.06. The number of aromatic nitrogens is 1. The van der Waals surface area contributed by atoms with Gasteiger partial charge in [-0.1, -0.05) is 81.4 Å². The summed E-state index contributed by atoms with van der Waals surface area (Å²) in [7, 11) is -3.00. The molecule has 1 saturated heterocycles. The van der Waals surface area contributed by atoms with Crippen LogP contribution in [0.25, 0.3) is 0 Å². The lowest BCUT2D eigenvalue weighted by molar-refractivity contribution is -0.00554. The van der Waals surface area contributed by atoms with Crippen LogP contribution in [0.3, 0.4) is 0 Å². The number of aliphatic hydroxyl groups is 1. The zero-order valence-electron chi connectivity index (χ0n) is 25.6. The Bertz CT molecular complexity index is 1500. The molecule has 1 fully saturated rings. The first-order valence-corrected chi connectivity index (χ1v) is 17.5. The molecule has 9 heteroatoms. The summed E-state index contributed by atoms with van der Waals surface area (Å²) in [6.07, 6.45) is -1.69. The van der Waals surface area contributed by atoms with Crippen LogP contribution in [-0.4, -0.2) is 43.7 Å². The third-order valence-corrected chi connectivity index (χ3v) is 14.2. The third-order valence-electron chi connectivity index (χ3n) is 8.21. The molecule has 1 unspecified atom stereocenters. The highest BCUT2D eigenvalue weighted by Gasteiger charge is 2.50. The highest BCUT2D eigenvalue weighted by molar-refractivity contribution is 7.09. The molecular weight excluding hydrogens is 583 g/mol. The van der Waals surface area contributed by atoms with Crippen LogP contribution in [0.5, 0.6) is 0 Å². The molecule has 0 bridgehead atoms. The quantitative estimate of drug-likeness (QED) is 0.228. The molecule has 0 amide bonds. The highest BCUT2D eigenvalue weighted by atomic mass is 32.1. The number of nitrogens with zero attached hydrogens (tertiary/aromatic N) is 2. The van der Waals surface area contributed by atoms with E-state index in [1.54, 1.807) is 18.5 Å². The molecule has 3 atom stereocenters. The van der Waals surface area contributed by atoms with Gasteiger partial charge in [0, 0.05) is 24.2 Å². The molecule has 1 N–H and O–H groups in total. The average Bonchev–Trinajstić information content (AvgIpc) is 3.40. The summed E-state index contributed by atoms with van der Waals surface area (Å²) in [6, 6.07) is 22.0. The lowest BCUT2D eigenvalue weighted by Crippen LogP contribution is -2.66. The molecule has 2 heterocycles. The summed E-state index contributed by atoms with van der Waals surface area (Å²) in [6.45, 7) is 13.0. The van der Waals surface area contributed by atoms with Crippen molar-refractivity contribution in [3.05, 3.63) is 106 Å². The summed E-state index contributed by atoms with van der Waals surface area (Å²) >= 11 is 1.22. The number of halogens is 2. The van der Waals surface area contributed by atoms with Crippen molar-refractivity contribution in [2.75, 3.05) is 18.0 Å². The summed E-state index contributed by atoms with van der Waals surface area (Å²) in [5.41, 5.74) is 2.71. The van der Waals surface area contributed by atoms with E-state index in [9.17, 15) is 5.11 Å². The zero-order valence-corrected chi connectivity index (χ0v) is 27.4. The maximum Gasteiger partial charge on any atom is 0.261 e. The van der Waals surface area contributed by atoms with E-state index < -0.39 is 26.1 Å². The van der Waals surface area contributed by atoms with Crippen molar-refractivity contribution in [2.24, 2.45) is 0 Å². The summed E-state index contributed by atoms with van der Waals surface area (Å²) in [5.74, 6) is -2.04. The van der Waals surface area contributed by atoms with Crippen molar-refractivity contribution in [3.63, 3.8) is 0 Å². The van der Waals surface area contributed by atoms with Crippen LogP contribution in [0.15, 0.2) is 72.2 Å². The van der Waals surface area contributed by atoms with Gasteiger partial charge in [-0.15, -0.1) is 11.3 Å². The molecule has 0 radical (unpaired) electrons. The normalized spacial score (nSPS) is 18.6. The molecule has 1 aromatic heterocycles. The molecule has 1 aliphatic rings. The number of benzene rings is 3. The molecule has 0 saturated carbocycles. The number of hydrogen-bond donors (Lipinski definition) is 1. The van der Waals surface area contributed by atoms with Crippen LogP contribution >= 0.6 is 11.3 Å². The van der Waals surface area contributed by atoms with Crippen molar-refractivity contribution in [3.8, 4) is 0 Å². The van der Waals surface area contributed by atoms with E-state index in [1.807, 2.05) is 55.1 Å². The molecule has 0 aliphatic carbocycles. The van der Waals surface area contributed by atoms with Crippen molar-refractivity contribution < 1.29 is 23.1 Å². The van der Waals surface area contributed by atoms with Crippen LogP contribution in [0.1, 0.15) is 62.4 Å². The van der Waals surface area contributed by atoms with Gasteiger partial charge in [-0.25, -0.2) is 13.8 Å². The van der Waals surface area contributed by atoms with Crippen LogP contribution in [0.2, 0.25) is 5.04 Å². The number of morpholine rings is 1. The molecule has 0 spiro atoms. The summed E-state index contributed by atoms with van der Waals surface area (Å²) in [5, 5.41) is 13.2. The Kier molecular flexibility index (Phi) is 9.20. The average molecular weight is 623 g/mol. The van der Waals surface area contributed by atoms with Gasteiger partial charge in [0.15, 0.2) is 11.6 Å². The minimum Gasteiger partial charge on any atom is -0.403 e. The second-order valence-corrected chi connectivity index (χ2v) is 17.6. The molecule has 4 aromatic rings. The van der Waals surface area contributed by atoms with Gasteiger partial charge >= 0.3 is 0 Å². The predicted octanol–water partition coefficient (Wildman–Crippen LogP) is 6.50. The fourth-order valence-corrected chi connectivity index (χ4v) is 11.7. The lowest BCUT2D eigenvalue weighted by Gasteiger charge is -2.43. The fraction of sp³-hybridized carbons (Fsp3) is 0.382. The minimum atomic E-state index is -3.00. The number of aryl methyl sites for hydroxylation is 1. The Hall–Kier alpha value is -2.95. The van der Waals surface area contributed by atoms with Crippen LogP contribution < -0.4 is 15.3 Å². The topological polar surface area (TPSA) is 54.8 Å². The monoisotopic (exact) mass is 622 g/mol. The molecule has 1 aliphatic heterocycles. The lowest BCUT2D eigenvalue weighted by atomic mass is 10.00. The van der Waals surface area contributed by atoms with Crippen molar-refractivity contribution in [1.29, 1.82) is 0 Å². The Morgan fingerprint density at radius 1 is 1.00 bits per heavy atom. The molecule has 5 nitrogen and oxygen atoms in total. The van der Waals surface area contributed by atoms with Gasteiger partial charge in [-0.2, -0.15) is 0 Å². The van der Waals surface area contributed by atoms with E-state index in [4.69, 9.17) is 9.16 Å². The van der Waals surface area contributed by atoms with Gasteiger partial charge in [-0.3, -0.25) is 0 Å². The highest BCUT2D eigenvalue weighted by Crippen LogP contribution is 2.40. The Balaban J connectivity index is 1.68. The standard InChI is InChI=1S/C34H40F2N2O3SSi/c1-22-18-38(19-23(2)41-22)31-25(17-28(29(35)30(31)36)32(39)33-24(3)37-21-42-33)20-40-43(34(4,5)6,26-13-9-7-10-14-26)27-15-11-8-12-16-27/h7-17,21-23,32,39H,18-20H2,1-6H3/t22-,23+,32?. The number of rotatable bonds is 8. The Morgan fingerprint density at radius 2 is 1.56 bits per heavy atom. The van der Waals surface area contributed by atoms with Gasteiger partial charge < -0.3 is 19.2 Å². The van der Waals surface area contributed by atoms with Crippen molar-refractivity contribution in [2.45, 2.75) is 71.5 Å². The van der Waals surface area contributed by atoms with Crippen LogP contribution in [-0.2, 0) is 15.8 Å². The van der Waals surface area contributed by atoms with Gasteiger partial charge in [0.1, 0.15) is 6.10 Å². The van der Waals surface area contributed by atoms with Crippen molar-refractivity contribution >= 4 is 35.7 Å². The van der Waals surface area contributed by atoms with E-state index in [1.165, 1.54) is 11.3 Å². The minimum absolute atomic E-state index is 0.0291. The largest absolute Gasteiger partial charge is 0.403 e. The maximum atomic E-state index is 16.3. The number of hydrogen-bond acceptors (Lipinski definition) is 6. The van der Waals surface area contributed by atoms with E-state index in [0.29, 0.717) is 29.2 Å². The molecule has 43 heavy (non-hydrogen) atoms. The predicted molar refractivity (Wildman–Crippen MR) is 172 cm³/mol. The van der Waals surface area contributed by atoms with Crippen LogP contribution in [0.4, 0.5) is 14.5 Å². The first kappa shape index (κ1) is 31.5. The number of anilines is 1. The summed E-state index contributed by atoms with van der Waals surface area (Å²) in [4.78, 5) is 6.55. The van der Waals surface area contributed by atoms with Gasteiger partial charge in [0.05, 0.1) is 40.6 Å². The smallest absolute Gasteiger partial charge is 0.261 e. The van der Waals surface area contributed by atoms with Gasteiger partial charge in [-0.05, 0) is 42.2 Å². The first-order valence-electron chi connectivity index (χ1n) is 14.7. The zero-order chi connectivity index (χ0) is 30.9. The number of aliphatic hydroxyl groups excluding tert-OH is 1. The second-order valence-electron chi connectivity index (χ2n) is 12.4. The Morgan fingerprint density at radius 3 is 2.05 bits per heavy atom. The molecular formula is C34H40F2N2O3SSi. The van der Waals surface area contributed by atoms with Crippen LogP contribution in [0, 0.1) is 18.6 Å². The maximum absolute atomic E-state index is 16.3. The molecule has 5 rings (SSSR count). The Labute approximate surface area is 258 Å². The first-order chi connectivity index (χ1) is 20.4. The van der Waals surface area contributed by atoms with Gasteiger partial charge in [0.2, 0.25) is 0 Å². The SMILES string of the molecule is Cc1ncsc1C(O)c1cc(CO[Si](c2ccccc2)(c2ccccc2)C(C)(C)C)c(N2C[C@@H](C)O[C@@H](C)C2)c(F)c1F. The molecule has 228 valence electrons. The summed E-state index contributed by atoms with van der Waals surface area (Å²) < 4.78 is 45.4. The number of ether oxygens (including phenoxy) is 1. The van der Waals surface area contributed by atoms with E-state index in [2.05, 4.69) is 50.0 Å². The van der Waals surface area contributed by atoms with Crippen molar-refractivity contribution in [1.82, 2.24) is 4.98 Å². The fourth-order valence-electron chi connectivity index (χ4n) is 6.36. The number of thiazole rings is 1. The van der Waals surface area contributed by atoms with E-state index >= 15 is 8.78 Å².